The summed E-state index contributed by atoms with van der Waals surface area (Å²) in [5.74, 6) is -0.192. The topological polar surface area (TPSA) is 49.3 Å². The third kappa shape index (κ3) is 2.98. The van der Waals surface area contributed by atoms with Crippen LogP contribution in [-0.2, 0) is 5.41 Å². The summed E-state index contributed by atoms with van der Waals surface area (Å²) in [5.41, 5.74) is 0.933. The number of hydrogen-bond acceptors (Lipinski definition) is 2. The van der Waals surface area contributed by atoms with Gasteiger partial charge in [0.25, 0.3) is 5.91 Å². The van der Waals surface area contributed by atoms with E-state index in [1.165, 1.54) is 0 Å². The molecule has 0 fully saturated rings. The summed E-state index contributed by atoms with van der Waals surface area (Å²) >= 11 is 0. The molecule has 0 radical (unpaired) electrons. The van der Waals surface area contributed by atoms with E-state index in [9.17, 15) is 9.90 Å². The molecule has 0 spiro atoms. The van der Waals surface area contributed by atoms with Crippen LogP contribution >= 0.6 is 17.0 Å². The molecule has 0 aromatic heterocycles. The maximum absolute atomic E-state index is 11.4. The maximum Gasteiger partial charge on any atom is 0.254 e. The van der Waals surface area contributed by atoms with Gasteiger partial charge in [0, 0.05) is 12.6 Å². The van der Waals surface area contributed by atoms with Crippen LogP contribution in [0.15, 0.2) is 18.2 Å². The van der Waals surface area contributed by atoms with Crippen LogP contribution in [-0.4, -0.2) is 18.1 Å². The third-order valence-corrected chi connectivity index (χ3v) is 2.32. The molecule has 1 aromatic rings. The van der Waals surface area contributed by atoms with Crippen molar-refractivity contribution in [1.82, 2.24) is 5.32 Å². The molecule has 0 unspecified atom stereocenters. The highest BCUT2D eigenvalue weighted by atomic mass is 79.9. The lowest BCUT2D eigenvalue weighted by molar-refractivity contribution is 0.0960. The summed E-state index contributed by atoms with van der Waals surface area (Å²) in [6.45, 7) is 5.99. The molecule has 1 amide bonds. The largest absolute Gasteiger partial charge is 0.507 e. The first kappa shape index (κ1) is 15.0. The Morgan fingerprint density at radius 1 is 1.31 bits per heavy atom. The summed E-state index contributed by atoms with van der Waals surface area (Å²) in [7, 11) is 1.55. The maximum atomic E-state index is 11.4. The summed E-state index contributed by atoms with van der Waals surface area (Å²) in [4.78, 5) is 11.4. The number of amides is 1. The number of aromatic hydroxyl groups is 1. The van der Waals surface area contributed by atoms with Crippen LogP contribution in [0.25, 0.3) is 0 Å². The Morgan fingerprint density at radius 3 is 2.31 bits per heavy atom. The van der Waals surface area contributed by atoms with Gasteiger partial charge in [-0.05, 0) is 11.5 Å². The Morgan fingerprint density at radius 2 is 1.88 bits per heavy atom. The van der Waals surface area contributed by atoms with E-state index in [0.717, 1.165) is 5.56 Å². The Bertz CT molecular complexity index is 383. The Hall–Kier alpha value is -1.03. The van der Waals surface area contributed by atoms with Crippen LogP contribution < -0.4 is 5.32 Å². The van der Waals surface area contributed by atoms with Gasteiger partial charge in [-0.15, -0.1) is 17.0 Å². The molecule has 0 saturated carbocycles. The quantitative estimate of drug-likeness (QED) is 0.834. The van der Waals surface area contributed by atoms with Crippen molar-refractivity contribution in [3.63, 3.8) is 0 Å². The van der Waals surface area contributed by atoms with E-state index in [4.69, 9.17) is 0 Å². The summed E-state index contributed by atoms with van der Waals surface area (Å²) in [6, 6.07) is 5.23. The molecule has 0 aliphatic rings. The van der Waals surface area contributed by atoms with Crippen LogP contribution in [0.3, 0.4) is 0 Å². The predicted octanol–water partition coefficient (Wildman–Crippen LogP) is 2.63. The molecule has 0 bridgehead atoms. The second-order valence-electron chi connectivity index (χ2n) is 4.53. The van der Waals surface area contributed by atoms with E-state index in [2.05, 4.69) is 5.32 Å². The number of carbonyl (C=O) groups is 1. The highest BCUT2D eigenvalue weighted by Gasteiger charge is 2.21. The van der Waals surface area contributed by atoms with Crippen molar-refractivity contribution in [2.45, 2.75) is 26.2 Å². The van der Waals surface area contributed by atoms with Crippen molar-refractivity contribution in [3.05, 3.63) is 29.3 Å². The van der Waals surface area contributed by atoms with E-state index in [1.54, 1.807) is 19.2 Å². The number of para-hydroxylation sites is 1. The Kier molecular flexibility index (Phi) is 5.00. The fourth-order valence-electron chi connectivity index (χ4n) is 1.47. The van der Waals surface area contributed by atoms with Crippen molar-refractivity contribution in [1.29, 1.82) is 0 Å². The molecule has 2 N–H and O–H groups in total. The van der Waals surface area contributed by atoms with Gasteiger partial charge in [0.15, 0.2) is 0 Å². The minimum Gasteiger partial charge on any atom is -0.507 e. The monoisotopic (exact) mass is 287 g/mol. The number of carbonyl (C=O) groups excluding carboxylic acids is 1. The number of nitrogens with one attached hydrogen (secondary N) is 1. The molecule has 1 rings (SSSR count). The average molecular weight is 288 g/mol. The van der Waals surface area contributed by atoms with E-state index < -0.39 is 0 Å². The van der Waals surface area contributed by atoms with E-state index >= 15 is 0 Å². The number of benzene rings is 1. The fraction of sp³-hybridized carbons (Fsp3) is 0.417. The lowest BCUT2D eigenvalue weighted by atomic mass is 9.85. The number of phenols is 1. The van der Waals surface area contributed by atoms with Crippen LogP contribution in [0.5, 0.6) is 5.75 Å². The molecule has 3 nitrogen and oxygen atoms in total. The molecular formula is C12H18BrNO2. The minimum atomic E-state index is -0.265. The van der Waals surface area contributed by atoms with Crippen molar-refractivity contribution >= 4 is 22.9 Å². The summed E-state index contributed by atoms with van der Waals surface area (Å²) < 4.78 is 0. The van der Waals surface area contributed by atoms with Crippen LogP contribution in [0.1, 0.15) is 36.7 Å². The van der Waals surface area contributed by atoms with Gasteiger partial charge in [-0.1, -0.05) is 32.9 Å². The molecule has 16 heavy (non-hydrogen) atoms. The van der Waals surface area contributed by atoms with Crippen LogP contribution in [0.4, 0.5) is 0 Å². The molecule has 0 heterocycles. The van der Waals surface area contributed by atoms with Gasteiger partial charge >= 0.3 is 0 Å². The average Bonchev–Trinajstić information content (AvgIpc) is 2.15. The predicted molar refractivity (Wildman–Crippen MR) is 70.5 cm³/mol. The van der Waals surface area contributed by atoms with Crippen LogP contribution in [0.2, 0.25) is 0 Å². The number of halogens is 1. The van der Waals surface area contributed by atoms with Gasteiger partial charge in [-0.25, -0.2) is 0 Å². The SMILES string of the molecule is Br.CNC(=O)c1cccc(C(C)(C)C)c1O. The molecule has 90 valence electrons. The van der Waals surface area contributed by atoms with Crippen LogP contribution in [0, 0.1) is 0 Å². The van der Waals surface area contributed by atoms with Gasteiger partial charge < -0.3 is 10.4 Å². The molecule has 4 heteroatoms. The second kappa shape index (κ2) is 5.34. The first-order valence-corrected chi connectivity index (χ1v) is 4.92. The van der Waals surface area contributed by atoms with Gasteiger partial charge in [0.05, 0.1) is 5.56 Å². The van der Waals surface area contributed by atoms with Gasteiger partial charge in [-0.3, -0.25) is 4.79 Å². The summed E-state index contributed by atoms with van der Waals surface area (Å²) in [6.07, 6.45) is 0. The fourth-order valence-corrected chi connectivity index (χ4v) is 1.47. The number of phenolic OH excluding ortho intramolecular Hbond substituents is 1. The van der Waals surface area contributed by atoms with Crippen molar-refractivity contribution < 1.29 is 9.90 Å². The van der Waals surface area contributed by atoms with Gasteiger partial charge in [0.1, 0.15) is 5.75 Å². The van der Waals surface area contributed by atoms with Crippen molar-refractivity contribution in [3.8, 4) is 5.75 Å². The highest BCUT2D eigenvalue weighted by molar-refractivity contribution is 8.93. The summed E-state index contributed by atoms with van der Waals surface area (Å²) in [5, 5.41) is 12.5. The Balaban J connectivity index is 0.00000225. The number of rotatable bonds is 1. The van der Waals surface area contributed by atoms with Crippen molar-refractivity contribution in [2.24, 2.45) is 0 Å². The molecule has 0 saturated heterocycles. The molecule has 0 aliphatic heterocycles. The standard InChI is InChI=1S/C12H17NO2.BrH/c1-12(2,3)9-7-5-6-8(10(9)14)11(15)13-4;/h5-7,14H,1-4H3,(H,13,15);1H. The lowest BCUT2D eigenvalue weighted by Gasteiger charge is -2.21. The normalized spacial score (nSPS) is 10.5. The van der Waals surface area contributed by atoms with Crippen molar-refractivity contribution in [2.75, 3.05) is 7.05 Å². The highest BCUT2D eigenvalue weighted by Crippen LogP contribution is 2.32. The first-order chi connectivity index (χ1) is 6.88. The molecular weight excluding hydrogens is 270 g/mol. The lowest BCUT2D eigenvalue weighted by Crippen LogP contribution is -2.20. The third-order valence-electron chi connectivity index (χ3n) is 2.32. The van der Waals surface area contributed by atoms with E-state index in [-0.39, 0.29) is 34.1 Å². The molecule has 0 atom stereocenters. The number of hydrogen-bond donors (Lipinski definition) is 2. The molecule has 0 aliphatic carbocycles. The Labute approximate surface area is 107 Å². The smallest absolute Gasteiger partial charge is 0.254 e. The second-order valence-corrected chi connectivity index (χ2v) is 4.53. The zero-order valence-corrected chi connectivity index (χ0v) is 11.7. The zero-order chi connectivity index (χ0) is 11.6. The van der Waals surface area contributed by atoms with E-state index in [1.807, 2.05) is 26.8 Å². The van der Waals surface area contributed by atoms with Gasteiger partial charge in [0.2, 0.25) is 0 Å². The zero-order valence-electron chi connectivity index (χ0n) is 10.00. The van der Waals surface area contributed by atoms with E-state index in [0.29, 0.717) is 5.56 Å². The molecule has 1 aromatic carbocycles. The minimum absolute atomic E-state index is 0. The first-order valence-electron chi connectivity index (χ1n) is 4.92. The van der Waals surface area contributed by atoms with Gasteiger partial charge in [-0.2, -0.15) is 0 Å².